The fourth-order valence-corrected chi connectivity index (χ4v) is 2.32. The molecule has 2 aromatic rings. The summed E-state index contributed by atoms with van der Waals surface area (Å²) in [4.78, 5) is 48.0. The van der Waals surface area contributed by atoms with Crippen LogP contribution < -0.4 is 10.3 Å². The first-order valence-corrected chi connectivity index (χ1v) is 8.30. The molecule has 142 valence electrons. The molecule has 0 unspecified atom stereocenters. The van der Waals surface area contributed by atoms with Gasteiger partial charge in [-0.3, -0.25) is 14.4 Å². The number of aromatic nitrogens is 2. The number of hydrogen-bond acceptors (Lipinski definition) is 7. The van der Waals surface area contributed by atoms with Crippen LogP contribution in [0.25, 0.3) is 5.69 Å². The highest BCUT2D eigenvalue weighted by atomic mass is 16.5. The summed E-state index contributed by atoms with van der Waals surface area (Å²) in [7, 11) is 0. The van der Waals surface area contributed by atoms with Gasteiger partial charge in [0.15, 0.2) is 17.3 Å². The van der Waals surface area contributed by atoms with Crippen LogP contribution in [0.15, 0.2) is 35.1 Å². The fraction of sp³-hybridized carbons (Fsp3) is 0.316. The zero-order chi connectivity index (χ0) is 20.1. The third kappa shape index (κ3) is 4.66. The minimum atomic E-state index is -1.44. The Balaban J connectivity index is 2.59. The van der Waals surface area contributed by atoms with E-state index in [9.17, 15) is 19.2 Å². The summed E-state index contributed by atoms with van der Waals surface area (Å²) in [6.45, 7) is 5.94. The average Bonchev–Trinajstić information content (AvgIpc) is 2.60. The number of carbonyl (C=O) groups excluding carboxylic acids is 3. The Bertz CT molecular complexity index is 916. The number of nitrogens with zero attached hydrogens (tertiary/aromatic N) is 2. The smallest absolute Gasteiger partial charge is 0.362 e. The Labute approximate surface area is 155 Å². The van der Waals surface area contributed by atoms with Gasteiger partial charge in [-0.05, 0) is 39.8 Å². The number of ketones is 2. The molecule has 1 aromatic carbocycles. The molecule has 0 N–H and O–H groups in total. The molecular weight excluding hydrogens is 352 g/mol. The molecular formula is C19H20N2O6. The second kappa shape index (κ2) is 8.39. The third-order valence-electron chi connectivity index (χ3n) is 3.63. The van der Waals surface area contributed by atoms with Gasteiger partial charge in [0.25, 0.3) is 5.56 Å². The molecule has 1 heterocycles. The molecule has 0 aliphatic carbocycles. The van der Waals surface area contributed by atoms with E-state index in [1.807, 2.05) is 6.92 Å². The first-order valence-electron chi connectivity index (χ1n) is 8.30. The van der Waals surface area contributed by atoms with Gasteiger partial charge in [0, 0.05) is 0 Å². The highest BCUT2D eigenvalue weighted by molar-refractivity contribution is 6.03. The molecule has 8 heteroatoms. The van der Waals surface area contributed by atoms with E-state index in [0.29, 0.717) is 5.69 Å². The third-order valence-corrected chi connectivity index (χ3v) is 3.63. The van der Waals surface area contributed by atoms with Gasteiger partial charge >= 0.3 is 5.97 Å². The van der Waals surface area contributed by atoms with E-state index in [1.165, 1.54) is 13.8 Å². The standard InChI is InChI=1S/C19H20N2O6/c1-5-26-19(25)17-15(27-18(12(3)22)13(4)23)10-16(24)21(20-17)14-8-6-11(2)7-9-14/h6-10,18H,5H2,1-4H3. The maximum Gasteiger partial charge on any atom is 0.362 e. The first-order chi connectivity index (χ1) is 12.7. The van der Waals surface area contributed by atoms with Gasteiger partial charge in [-0.1, -0.05) is 17.7 Å². The molecule has 0 atom stereocenters. The lowest BCUT2D eigenvalue weighted by atomic mass is 10.2. The van der Waals surface area contributed by atoms with Crippen LogP contribution in [0.3, 0.4) is 0 Å². The summed E-state index contributed by atoms with van der Waals surface area (Å²) < 4.78 is 11.3. The highest BCUT2D eigenvalue weighted by Gasteiger charge is 2.27. The topological polar surface area (TPSA) is 105 Å². The Kier molecular flexibility index (Phi) is 6.23. The molecule has 0 fully saturated rings. The van der Waals surface area contributed by atoms with E-state index in [4.69, 9.17) is 9.47 Å². The number of ether oxygens (including phenoxy) is 2. The quantitative estimate of drug-likeness (QED) is 0.537. The second-order valence-corrected chi connectivity index (χ2v) is 5.88. The largest absolute Gasteiger partial charge is 0.472 e. The fourth-order valence-electron chi connectivity index (χ4n) is 2.32. The van der Waals surface area contributed by atoms with Gasteiger partial charge in [-0.25, -0.2) is 4.79 Å². The van der Waals surface area contributed by atoms with Crippen LogP contribution in [0, 0.1) is 6.92 Å². The van der Waals surface area contributed by atoms with Crippen molar-refractivity contribution in [2.75, 3.05) is 6.61 Å². The van der Waals surface area contributed by atoms with Crippen LogP contribution in [-0.4, -0.2) is 40.0 Å². The Morgan fingerprint density at radius 1 is 1.11 bits per heavy atom. The molecule has 0 spiro atoms. The summed E-state index contributed by atoms with van der Waals surface area (Å²) in [5.41, 5.74) is 0.540. The summed E-state index contributed by atoms with van der Waals surface area (Å²) in [5.74, 6) is -2.23. The van der Waals surface area contributed by atoms with Gasteiger partial charge in [0.1, 0.15) is 0 Å². The summed E-state index contributed by atoms with van der Waals surface area (Å²) in [5, 5.41) is 4.04. The van der Waals surface area contributed by atoms with Gasteiger partial charge in [-0.15, -0.1) is 0 Å². The van der Waals surface area contributed by atoms with E-state index in [1.54, 1.807) is 31.2 Å². The van der Waals surface area contributed by atoms with Crippen LogP contribution in [0.2, 0.25) is 0 Å². The molecule has 2 rings (SSSR count). The Hall–Kier alpha value is -3.29. The number of benzene rings is 1. The molecule has 0 aliphatic rings. The van der Waals surface area contributed by atoms with Crippen molar-refractivity contribution in [1.29, 1.82) is 0 Å². The van der Waals surface area contributed by atoms with Crippen molar-refractivity contribution in [2.24, 2.45) is 0 Å². The highest BCUT2D eigenvalue weighted by Crippen LogP contribution is 2.18. The number of esters is 1. The van der Waals surface area contributed by atoms with E-state index in [-0.39, 0.29) is 18.1 Å². The normalized spacial score (nSPS) is 10.6. The van der Waals surface area contributed by atoms with Gasteiger partial charge in [0.2, 0.25) is 11.8 Å². The van der Waals surface area contributed by atoms with Crippen molar-refractivity contribution in [2.45, 2.75) is 33.8 Å². The van der Waals surface area contributed by atoms with Gasteiger partial charge in [-0.2, -0.15) is 9.78 Å². The molecule has 1 aromatic heterocycles. The molecule has 0 saturated carbocycles. The predicted molar refractivity (Wildman–Crippen MR) is 96.3 cm³/mol. The number of aryl methyl sites for hydroxylation is 1. The van der Waals surface area contributed by atoms with E-state index < -0.39 is 29.2 Å². The van der Waals surface area contributed by atoms with E-state index >= 15 is 0 Å². The minimum Gasteiger partial charge on any atom is -0.472 e. The number of rotatable bonds is 7. The van der Waals surface area contributed by atoms with Gasteiger partial charge < -0.3 is 9.47 Å². The number of hydrogen-bond donors (Lipinski definition) is 0. The van der Waals surface area contributed by atoms with Crippen molar-refractivity contribution in [3.05, 3.63) is 51.9 Å². The van der Waals surface area contributed by atoms with Crippen LogP contribution in [0.1, 0.15) is 36.8 Å². The summed E-state index contributed by atoms with van der Waals surface area (Å²) >= 11 is 0. The monoisotopic (exact) mass is 372 g/mol. The van der Waals surface area contributed by atoms with Crippen molar-refractivity contribution in [3.63, 3.8) is 0 Å². The number of carbonyl (C=O) groups is 3. The molecule has 0 aliphatic heterocycles. The average molecular weight is 372 g/mol. The van der Waals surface area contributed by atoms with Crippen LogP contribution >= 0.6 is 0 Å². The zero-order valence-corrected chi connectivity index (χ0v) is 15.5. The lowest BCUT2D eigenvalue weighted by molar-refractivity contribution is -0.134. The molecule has 0 bridgehead atoms. The molecule has 0 amide bonds. The lowest BCUT2D eigenvalue weighted by Crippen LogP contribution is -2.34. The van der Waals surface area contributed by atoms with Crippen molar-refractivity contribution in [3.8, 4) is 11.4 Å². The molecule has 8 nitrogen and oxygen atoms in total. The van der Waals surface area contributed by atoms with Crippen molar-refractivity contribution < 1.29 is 23.9 Å². The zero-order valence-electron chi connectivity index (χ0n) is 15.5. The lowest BCUT2D eigenvalue weighted by Gasteiger charge is -2.16. The number of Topliss-reactive ketones (excluding diaryl/α,β-unsaturated/α-hetero) is 2. The minimum absolute atomic E-state index is 0.0758. The summed E-state index contributed by atoms with van der Waals surface area (Å²) in [6, 6.07) is 7.94. The maximum absolute atomic E-state index is 12.5. The maximum atomic E-state index is 12.5. The van der Waals surface area contributed by atoms with Crippen LogP contribution in [-0.2, 0) is 14.3 Å². The molecule has 0 radical (unpaired) electrons. The van der Waals surface area contributed by atoms with E-state index in [2.05, 4.69) is 5.10 Å². The van der Waals surface area contributed by atoms with Gasteiger partial charge in [0.05, 0.1) is 18.4 Å². The molecule has 0 saturated heterocycles. The summed E-state index contributed by atoms with van der Waals surface area (Å²) in [6.07, 6.45) is -1.44. The SMILES string of the molecule is CCOC(=O)c1nn(-c2ccc(C)cc2)c(=O)cc1OC(C(C)=O)C(C)=O. The predicted octanol–water partition coefficient (Wildman–Crippen LogP) is 1.64. The molecule has 27 heavy (non-hydrogen) atoms. The second-order valence-electron chi connectivity index (χ2n) is 5.88. The van der Waals surface area contributed by atoms with Crippen molar-refractivity contribution in [1.82, 2.24) is 9.78 Å². The Morgan fingerprint density at radius 2 is 1.70 bits per heavy atom. The van der Waals surface area contributed by atoms with Crippen molar-refractivity contribution >= 4 is 17.5 Å². The van der Waals surface area contributed by atoms with Crippen LogP contribution in [0.4, 0.5) is 0 Å². The Morgan fingerprint density at radius 3 is 2.22 bits per heavy atom. The van der Waals surface area contributed by atoms with Crippen LogP contribution in [0.5, 0.6) is 5.75 Å². The first kappa shape index (κ1) is 20.0. The van der Waals surface area contributed by atoms with E-state index in [0.717, 1.165) is 16.3 Å².